The second-order valence-corrected chi connectivity index (χ2v) is 3.68. The van der Waals surface area contributed by atoms with Crippen molar-refractivity contribution in [2.24, 2.45) is 5.73 Å². The molecule has 0 radical (unpaired) electrons. The normalized spacial score (nSPS) is 12.9. The van der Waals surface area contributed by atoms with E-state index in [1.54, 1.807) is 7.11 Å². The molecule has 0 aliphatic carbocycles. The average Bonchev–Trinajstić information content (AvgIpc) is 2.15. The van der Waals surface area contributed by atoms with Crippen molar-refractivity contribution < 1.29 is 9.53 Å². The predicted molar refractivity (Wildman–Crippen MR) is 60.6 cm³/mol. The fourth-order valence-electron chi connectivity index (χ4n) is 1.34. The van der Waals surface area contributed by atoms with Gasteiger partial charge >= 0.3 is 0 Å². The molecule has 0 saturated carbocycles. The molecule has 0 heterocycles. The van der Waals surface area contributed by atoms with Crippen LogP contribution in [-0.4, -0.2) is 57.2 Å². The molecule has 0 bridgehead atoms. The summed E-state index contributed by atoms with van der Waals surface area (Å²) in [5.41, 5.74) is 5.78. The van der Waals surface area contributed by atoms with Crippen LogP contribution in [0, 0.1) is 0 Å². The third-order valence-corrected chi connectivity index (χ3v) is 2.02. The Morgan fingerprint density at radius 3 is 2.80 bits per heavy atom. The van der Waals surface area contributed by atoms with Crippen LogP contribution in [-0.2, 0) is 9.53 Å². The molecule has 3 N–H and O–H groups in total. The number of amides is 1. The Bertz CT molecular complexity index is 176. The first kappa shape index (κ1) is 14.3. The van der Waals surface area contributed by atoms with Gasteiger partial charge in [0.25, 0.3) is 0 Å². The molecule has 15 heavy (non-hydrogen) atoms. The van der Waals surface area contributed by atoms with Gasteiger partial charge in [0.2, 0.25) is 5.91 Å². The van der Waals surface area contributed by atoms with E-state index in [9.17, 15) is 4.79 Å². The van der Waals surface area contributed by atoms with Crippen molar-refractivity contribution >= 4 is 5.91 Å². The smallest absolute Gasteiger partial charge is 0.221 e. The third kappa shape index (κ3) is 8.35. The lowest BCUT2D eigenvalue weighted by Gasteiger charge is -2.20. The zero-order valence-electron chi connectivity index (χ0n) is 9.95. The highest BCUT2D eigenvalue weighted by Crippen LogP contribution is 1.90. The van der Waals surface area contributed by atoms with Crippen LogP contribution in [0.5, 0.6) is 0 Å². The van der Waals surface area contributed by atoms with Gasteiger partial charge in [0, 0.05) is 39.2 Å². The fourth-order valence-corrected chi connectivity index (χ4v) is 1.34. The molecule has 0 spiro atoms. The number of carbonyl (C=O) groups is 1. The summed E-state index contributed by atoms with van der Waals surface area (Å²) >= 11 is 0. The maximum atomic E-state index is 11.2. The number of rotatable bonds is 8. The lowest BCUT2D eigenvalue weighted by molar-refractivity contribution is -0.121. The van der Waals surface area contributed by atoms with Gasteiger partial charge in [-0.15, -0.1) is 0 Å². The maximum Gasteiger partial charge on any atom is 0.221 e. The number of methoxy groups -OCH3 is 1. The van der Waals surface area contributed by atoms with Crippen LogP contribution in [0.3, 0.4) is 0 Å². The minimum atomic E-state index is 0.00855. The minimum Gasteiger partial charge on any atom is -0.383 e. The van der Waals surface area contributed by atoms with E-state index in [0.717, 1.165) is 13.1 Å². The van der Waals surface area contributed by atoms with Crippen LogP contribution in [0.2, 0.25) is 0 Å². The summed E-state index contributed by atoms with van der Waals surface area (Å²) in [5.74, 6) is 0.0877. The molecule has 0 fully saturated rings. The topological polar surface area (TPSA) is 67.6 Å². The number of nitrogens with two attached hydrogens (primary N) is 1. The molecule has 0 aliphatic rings. The van der Waals surface area contributed by atoms with E-state index in [2.05, 4.69) is 5.32 Å². The Balaban J connectivity index is 3.55. The molecule has 1 amide bonds. The second kappa shape index (κ2) is 8.64. The van der Waals surface area contributed by atoms with Crippen molar-refractivity contribution in [1.82, 2.24) is 10.2 Å². The van der Waals surface area contributed by atoms with Crippen LogP contribution in [0.1, 0.15) is 13.3 Å². The lowest BCUT2D eigenvalue weighted by atomic mass is 10.3. The second-order valence-electron chi connectivity index (χ2n) is 3.68. The highest BCUT2D eigenvalue weighted by atomic mass is 16.5. The molecule has 90 valence electrons. The van der Waals surface area contributed by atoms with E-state index < -0.39 is 0 Å². The molecule has 5 nitrogen and oxygen atoms in total. The van der Waals surface area contributed by atoms with Crippen LogP contribution in [0.25, 0.3) is 0 Å². The van der Waals surface area contributed by atoms with Crippen molar-refractivity contribution in [3.8, 4) is 0 Å². The first-order valence-corrected chi connectivity index (χ1v) is 5.29. The van der Waals surface area contributed by atoms with E-state index in [0.29, 0.717) is 19.6 Å². The Kier molecular flexibility index (Phi) is 8.27. The number of nitrogens with zero attached hydrogens (tertiary/aromatic N) is 1. The lowest BCUT2D eigenvalue weighted by Crippen LogP contribution is -2.39. The molecule has 1 atom stereocenters. The number of nitrogens with one attached hydrogen (secondary N) is 1. The van der Waals surface area contributed by atoms with E-state index in [-0.39, 0.29) is 11.9 Å². The minimum absolute atomic E-state index is 0.00855. The zero-order chi connectivity index (χ0) is 11.7. The summed E-state index contributed by atoms with van der Waals surface area (Å²) in [5, 5.41) is 2.76. The van der Waals surface area contributed by atoms with Crippen LogP contribution < -0.4 is 11.1 Å². The van der Waals surface area contributed by atoms with Gasteiger partial charge in [-0.3, -0.25) is 4.79 Å². The molecule has 0 saturated heterocycles. The standard InChI is InChI=1S/C10H23N3O2/c1-4-12-10(14)5-6-13(2)7-9(11)8-15-3/h9H,4-8,11H2,1-3H3,(H,12,14). The Labute approximate surface area is 91.9 Å². The molecular weight excluding hydrogens is 194 g/mol. The van der Waals surface area contributed by atoms with Gasteiger partial charge in [-0.2, -0.15) is 0 Å². The monoisotopic (exact) mass is 217 g/mol. The molecular formula is C10H23N3O2. The van der Waals surface area contributed by atoms with E-state index in [1.165, 1.54) is 0 Å². The number of ether oxygens (including phenoxy) is 1. The first-order valence-electron chi connectivity index (χ1n) is 5.29. The van der Waals surface area contributed by atoms with Gasteiger partial charge in [0.1, 0.15) is 0 Å². The van der Waals surface area contributed by atoms with Gasteiger partial charge < -0.3 is 20.7 Å². The first-order chi connectivity index (χ1) is 7.10. The van der Waals surface area contributed by atoms with Crippen molar-refractivity contribution in [1.29, 1.82) is 0 Å². The van der Waals surface area contributed by atoms with E-state index in [4.69, 9.17) is 10.5 Å². The fraction of sp³-hybridized carbons (Fsp3) is 0.900. The zero-order valence-corrected chi connectivity index (χ0v) is 9.95. The van der Waals surface area contributed by atoms with Crippen LogP contribution in [0.15, 0.2) is 0 Å². The van der Waals surface area contributed by atoms with Crippen molar-refractivity contribution in [2.45, 2.75) is 19.4 Å². The summed E-state index contributed by atoms with van der Waals surface area (Å²) in [6.07, 6.45) is 0.518. The number of hydrogen-bond donors (Lipinski definition) is 2. The van der Waals surface area contributed by atoms with Crippen LogP contribution in [0.4, 0.5) is 0 Å². The maximum absolute atomic E-state index is 11.2. The largest absolute Gasteiger partial charge is 0.383 e. The van der Waals surface area contributed by atoms with Crippen molar-refractivity contribution in [3.05, 3.63) is 0 Å². The molecule has 5 heteroatoms. The number of carbonyl (C=O) groups excluding carboxylic acids is 1. The average molecular weight is 217 g/mol. The quantitative estimate of drug-likeness (QED) is 0.571. The highest BCUT2D eigenvalue weighted by Gasteiger charge is 2.07. The SMILES string of the molecule is CCNC(=O)CCN(C)CC(N)COC. The highest BCUT2D eigenvalue weighted by molar-refractivity contribution is 5.75. The van der Waals surface area contributed by atoms with Gasteiger partial charge in [0.05, 0.1) is 6.61 Å². The molecule has 0 aliphatic heterocycles. The summed E-state index contributed by atoms with van der Waals surface area (Å²) in [6, 6.07) is 0.00855. The number of likely N-dealkylation sites (N-methyl/N-ethyl adjacent to an activating group) is 1. The molecule has 0 aromatic rings. The molecule has 1 unspecified atom stereocenters. The van der Waals surface area contributed by atoms with E-state index >= 15 is 0 Å². The Morgan fingerprint density at radius 2 is 2.27 bits per heavy atom. The Morgan fingerprint density at radius 1 is 1.60 bits per heavy atom. The Hall–Kier alpha value is -0.650. The molecule has 0 aromatic heterocycles. The van der Waals surface area contributed by atoms with Gasteiger partial charge in [-0.25, -0.2) is 0 Å². The predicted octanol–water partition coefficient (Wildman–Crippen LogP) is -0.582. The summed E-state index contributed by atoms with van der Waals surface area (Å²) in [4.78, 5) is 13.2. The molecule has 0 rings (SSSR count). The third-order valence-electron chi connectivity index (χ3n) is 2.02. The summed E-state index contributed by atoms with van der Waals surface area (Å²) in [7, 11) is 3.59. The van der Waals surface area contributed by atoms with E-state index in [1.807, 2.05) is 18.9 Å². The van der Waals surface area contributed by atoms with Crippen LogP contribution >= 0.6 is 0 Å². The van der Waals surface area contributed by atoms with Gasteiger partial charge in [0.15, 0.2) is 0 Å². The molecule has 0 aromatic carbocycles. The van der Waals surface area contributed by atoms with Gasteiger partial charge in [-0.05, 0) is 14.0 Å². The summed E-state index contributed by atoms with van der Waals surface area (Å²) in [6.45, 7) is 4.61. The number of hydrogen-bond acceptors (Lipinski definition) is 4. The van der Waals surface area contributed by atoms with Gasteiger partial charge in [-0.1, -0.05) is 0 Å². The summed E-state index contributed by atoms with van der Waals surface area (Å²) < 4.78 is 4.94. The van der Waals surface area contributed by atoms with Crippen molar-refractivity contribution in [3.63, 3.8) is 0 Å². The van der Waals surface area contributed by atoms with Crippen molar-refractivity contribution in [2.75, 3.05) is 40.4 Å².